The minimum Gasteiger partial charge on any atom is -0.309 e. The highest BCUT2D eigenvalue weighted by molar-refractivity contribution is 7.12. The Morgan fingerprint density at radius 2 is 2.11 bits per heavy atom. The van der Waals surface area contributed by atoms with E-state index in [0.29, 0.717) is 0 Å². The van der Waals surface area contributed by atoms with Crippen molar-refractivity contribution in [3.63, 3.8) is 0 Å². The third-order valence-corrected chi connectivity index (χ3v) is 5.86. The summed E-state index contributed by atoms with van der Waals surface area (Å²) in [4.78, 5) is 3.23. The van der Waals surface area contributed by atoms with Gasteiger partial charge in [0.25, 0.3) is 0 Å². The Morgan fingerprint density at radius 1 is 1.17 bits per heavy atom. The second kappa shape index (κ2) is 5.75. The van der Waals surface area contributed by atoms with Gasteiger partial charge in [0.2, 0.25) is 0 Å². The van der Waals surface area contributed by atoms with Crippen LogP contribution in [-0.4, -0.2) is 6.04 Å². The maximum Gasteiger partial charge on any atom is 0.0302 e. The lowest BCUT2D eigenvalue weighted by Gasteiger charge is -2.15. The summed E-state index contributed by atoms with van der Waals surface area (Å²) in [5, 5.41) is 3.80. The molecule has 1 aromatic rings. The first-order chi connectivity index (χ1) is 8.81. The van der Waals surface area contributed by atoms with Crippen molar-refractivity contribution in [2.45, 2.75) is 70.9 Å². The van der Waals surface area contributed by atoms with Gasteiger partial charge in [-0.2, -0.15) is 0 Å². The number of thiophene rings is 1. The van der Waals surface area contributed by atoms with E-state index < -0.39 is 0 Å². The van der Waals surface area contributed by atoms with E-state index in [1.165, 1.54) is 51.4 Å². The van der Waals surface area contributed by atoms with Gasteiger partial charge >= 0.3 is 0 Å². The molecule has 2 unspecified atom stereocenters. The molecule has 1 nitrogen and oxygen atoms in total. The minimum absolute atomic E-state index is 0.770. The fraction of sp³-hybridized carbons (Fsp3) is 0.750. The molecule has 0 aromatic carbocycles. The first kappa shape index (κ1) is 12.7. The van der Waals surface area contributed by atoms with E-state index in [1.807, 2.05) is 0 Å². The van der Waals surface area contributed by atoms with E-state index in [-0.39, 0.29) is 0 Å². The Bertz CT molecular complexity index is 374. The highest BCUT2D eigenvalue weighted by Gasteiger charge is 2.17. The topological polar surface area (TPSA) is 12.0 Å². The molecule has 2 aliphatic rings. The highest BCUT2D eigenvalue weighted by atomic mass is 32.1. The van der Waals surface area contributed by atoms with E-state index in [4.69, 9.17) is 0 Å². The van der Waals surface area contributed by atoms with Crippen LogP contribution in [0.5, 0.6) is 0 Å². The Hall–Kier alpha value is -0.340. The molecular weight excluding hydrogens is 238 g/mol. The normalized spacial score (nSPS) is 28.1. The van der Waals surface area contributed by atoms with E-state index in [2.05, 4.69) is 29.6 Å². The van der Waals surface area contributed by atoms with Crippen molar-refractivity contribution >= 4 is 11.3 Å². The van der Waals surface area contributed by atoms with Gasteiger partial charge < -0.3 is 5.32 Å². The SMILES string of the molecule is CC1CCCC(NCc2cc3c(s2)CCC3)CC1. The summed E-state index contributed by atoms with van der Waals surface area (Å²) in [5.74, 6) is 0.947. The molecule has 3 rings (SSSR count). The molecule has 100 valence electrons. The molecule has 1 saturated carbocycles. The van der Waals surface area contributed by atoms with Crippen LogP contribution in [0.4, 0.5) is 0 Å². The van der Waals surface area contributed by atoms with Crippen LogP contribution in [0.3, 0.4) is 0 Å². The molecule has 2 atom stereocenters. The lowest BCUT2D eigenvalue weighted by molar-refractivity contribution is 0.449. The molecule has 2 heteroatoms. The van der Waals surface area contributed by atoms with Gasteiger partial charge in [0, 0.05) is 22.3 Å². The largest absolute Gasteiger partial charge is 0.309 e. The van der Waals surface area contributed by atoms with Gasteiger partial charge in [-0.05, 0) is 56.1 Å². The van der Waals surface area contributed by atoms with Crippen LogP contribution in [0.15, 0.2) is 6.07 Å². The lowest BCUT2D eigenvalue weighted by Crippen LogP contribution is -2.27. The van der Waals surface area contributed by atoms with Gasteiger partial charge in [0.15, 0.2) is 0 Å². The average molecular weight is 263 g/mol. The summed E-state index contributed by atoms with van der Waals surface area (Å²) in [6.07, 6.45) is 11.1. The number of hydrogen-bond acceptors (Lipinski definition) is 2. The molecule has 0 bridgehead atoms. The Kier molecular flexibility index (Phi) is 4.05. The van der Waals surface area contributed by atoms with Crippen LogP contribution in [0.2, 0.25) is 0 Å². The standard InChI is InChI=1S/C16H25NS/c1-12-4-2-6-14(9-8-12)17-11-15-10-13-5-3-7-16(13)18-15/h10,12,14,17H,2-9,11H2,1H3. The Labute approximate surface area is 115 Å². The second-order valence-electron chi connectivity index (χ2n) is 6.21. The van der Waals surface area contributed by atoms with Gasteiger partial charge in [-0.15, -0.1) is 11.3 Å². The predicted molar refractivity (Wildman–Crippen MR) is 79.2 cm³/mol. The van der Waals surface area contributed by atoms with Gasteiger partial charge in [-0.3, -0.25) is 0 Å². The zero-order chi connectivity index (χ0) is 12.4. The lowest BCUT2D eigenvalue weighted by atomic mass is 10.0. The number of rotatable bonds is 3. The van der Waals surface area contributed by atoms with Crippen LogP contribution in [-0.2, 0) is 19.4 Å². The first-order valence-corrected chi connectivity index (χ1v) is 8.47. The molecule has 1 fully saturated rings. The van der Waals surface area contributed by atoms with E-state index >= 15 is 0 Å². The molecule has 0 spiro atoms. The Balaban J connectivity index is 1.51. The molecule has 0 saturated heterocycles. The van der Waals surface area contributed by atoms with Crippen LogP contribution < -0.4 is 5.32 Å². The van der Waals surface area contributed by atoms with Crippen LogP contribution >= 0.6 is 11.3 Å². The summed E-state index contributed by atoms with van der Waals surface area (Å²) in [6.45, 7) is 3.52. The van der Waals surface area contributed by atoms with Crippen molar-refractivity contribution in [3.05, 3.63) is 21.4 Å². The van der Waals surface area contributed by atoms with Crippen LogP contribution in [0, 0.1) is 5.92 Å². The molecule has 0 aliphatic heterocycles. The molecule has 1 N–H and O–H groups in total. The summed E-state index contributed by atoms with van der Waals surface area (Å²) >= 11 is 2.05. The van der Waals surface area contributed by atoms with Crippen LogP contribution in [0.25, 0.3) is 0 Å². The predicted octanol–water partition coefficient (Wildman–Crippen LogP) is 4.30. The van der Waals surface area contributed by atoms with E-state index in [9.17, 15) is 0 Å². The highest BCUT2D eigenvalue weighted by Crippen LogP contribution is 2.31. The summed E-state index contributed by atoms with van der Waals surface area (Å²) in [5.41, 5.74) is 1.64. The summed E-state index contributed by atoms with van der Waals surface area (Å²) in [7, 11) is 0. The number of nitrogens with one attached hydrogen (secondary N) is 1. The maximum atomic E-state index is 3.80. The van der Waals surface area contributed by atoms with E-state index in [1.54, 1.807) is 15.3 Å². The van der Waals surface area contributed by atoms with Crippen molar-refractivity contribution in [2.24, 2.45) is 5.92 Å². The molecule has 2 aliphatic carbocycles. The van der Waals surface area contributed by atoms with Gasteiger partial charge in [-0.25, -0.2) is 0 Å². The van der Waals surface area contributed by atoms with Gasteiger partial charge in [0.1, 0.15) is 0 Å². The fourth-order valence-electron chi connectivity index (χ4n) is 3.41. The van der Waals surface area contributed by atoms with Crippen molar-refractivity contribution in [1.29, 1.82) is 0 Å². The smallest absolute Gasteiger partial charge is 0.0302 e. The molecular formula is C16H25NS. The Morgan fingerprint density at radius 3 is 3.00 bits per heavy atom. The molecule has 0 amide bonds. The monoisotopic (exact) mass is 263 g/mol. The fourth-order valence-corrected chi connectivity index (χ4v) is 4.63. The van der Waals surface area contributed by atoms with Crippen LogP contribution in [0.1, 0.15) is 60.8 Å². The van der Waals surface area contributed by atoms with Crippen molar-refractivity contribution in [2.75, 3.05) is 0 Å². The summed E-state index contributed by atoms with van der Waals surface area (Å²) in [6, 6.07) is 3.23. The van der Waals surface area contributed by atoms with Gasteiger partial charge in [-0.1, -0.05) is 19.8 Å². The zero-order valence-electron chi connectivity index (χ0n) is 11.5. The third-order valence-electron chi connectivity index (χ3n) is 4.62. The van der Waals surface area contributed by atoms with Crippen molar-refractivity contribution in [3.8, 4) is 0 Å². The number of fused-ring (bicyclic) bond motifs is 1. The third kappa shape index (κ3) is 2.97. The van der Waals surface area contributed by atoms with Gasteiger partial charge in [0.05, 0.1) is 0 Å². The molecule has 0 radical (unpaired) electrons. The molecule has 18 heavy (non-hydrogen) atoms. The summed E-state index contributed by atoms with van der Waals surface area (Å²) < 4.78 is 0. The average Bonchev–Trinajstić information content (AvgIpc) is 2.86. The first-order valence-electron chi connectivity index (χ1n) is 7.65. The zero-order valence-corrected chi connectivity index (χ0v) is 12.3. The maximum absolute atomic E-state index is 3.80. The molecule has 1 aromatic heterocycles. The van der Waals surface area contributed by atoms with Crippen molar-refractivity contribution in [1.82, 2.24) is 5.32 Å². The number of aryl methyl sites for hydroxylation is 2. The van der Waals surface area contributed by atoms with Crippen molar-refractivity contribution < 1.29 is 0 Å². The number of hydrogen-bond donors (Lipinski definition) is 1. The quantitative estimate of drug-likeness (QED) is 0.802. The minimum atomic E-state index is 0.770. The second-order valence-corrected chi connectivity index (χ2v) is 7.43. The molecule has 1 heterocycles. The van der Waals surface area contributed by atoms with E-state index in [0.717, 1.165) is 18.5 Å².